The Morgan fingerprint density at radius 2 is 1.67 bits per heavy atom. The maximum atomic E-state index is 13.1. The molecule has 2 amide bonds. The predicted octanol–water partition coefficient (Wildman–Crippen LogP) is 2.59. The van der Waals surface area contributed by atoms with Gasteiger partial charge >= 0.3 is 0 Å². The number of furan rings is 1. The Morgan fingerprint density at radius 1 is 0.963 bits per heavy atom. The van der Waals surface area contributed by atoms with Crippen LogP contribution < -0.4 is 9.47 Å². The van der Waals surface area contributed by atoms with Gasteiger partial charge in [-0.1, -0.05) is 0 Å². The fourth-order valence-electron chi connectivity index (χ4n) is 3.38. The highest BCUT2D eigenvalue weighted by molar-refractivity contribution is 5.98. The summed E-state index contributed by atoms with van der Waals surface area (Å²) in [4.78, 5) is 29.0. The topological polar surface area (TPSA) is 72.2 Å². The first-order chi connectivity index (χ1) is 13.1. The van der Waals surface area contributed by atoms with E-state index in [4.69, 9.17) is 13.9 Å². The second-order valence-electron chi connectivity index (χ2n) is 6.39. The molecule has 1 aromatic heterocycles. The van der Waals surface area contributed by atoms with Gasteiger partial charge in [-0.2, -0.15) is 0 Å². The van der Waals surface area contributed by atoms with Crippen molar-refractivity contribution in [3.8, 4) is 11.5 Å². The molecule has 2 aromatic rings. The maximum Gasteiger partial charge on any atom is 0.289 e. The van der Waals surface area contributed by atoms with Crippen molar-refractivity contribution >= 4 is 11.8 Å². The van der Waals surface area contributed by atoms with Crippen molar-refractivity contribution < 1.29 is 23.5 Å². The number of benzene rings is 1. The molecule has 0 atom stereocenters. The van der Waals surface area contributed by atoms with E-state index in [2.05, 4.69) is 0 Å². The zero-order valence-electron chi connectivity index (χ0n) is 15.9. The van der Waals surface area contributed by atoms with E-state index in [1.54, 1.807) is 48.3 Å². The highest BCUT2D eigenvalue weighted by Crippen LogP contribution is 2.32. The van der Waals surface area contributed by atoms with E-state index >= 15 is 0 Å². The van der Waals surface area contributed by atoms with Gasteiger partial charge in [-0.25, -0.2) is 0 Å². The van der Waals surface area contributed by atoms with Gasteiger partial charge in [0.15, 0.2) is 5.76 Å². The number of hydrogen-bond acceptors (Lipinski definition) is 5. The van der Waals surface area contributed by atoms with Gasteiger partial charge in [0, 0.05) is 31.7 Å². The average molecular weight is 372 g/mol. The van der Waals surface area contributed by atoms with Gasteiger partial charge in [0.2, 0.25) is 0 Å². The van der Waals surface area contributed by atoms with Crippen LogP contribution in [-0.4, -0.2) is 62.0 Å². The molecule has 3 rings (SSSR count). The van der Waals surface area contributed by atoms with E-state index in [-0.39, 0.29) is 11.8 Å². The number of methoxy groups -OCH3 is 2. The van der Waals surface area contributed by atoms with Gasteiger partial charge in [0.05, 0.1) is 26.0 Å². The molecule has 0 unspecified atom stereocenters. The lowest BCUT2D eigenvalue weighted by Gasteiger charge is -2.23. The summed E-state index contributed by atoms with van der Waals surface area (Å²) in [6, 6.07) is 6.85. The van der Waals surface area contributed by atoms with Gasteiger partial charge < -0.3 is 23.7 Å². The Hall–Kier alpha value is -2.96. The van der Waals surface area contributed by atoms with Crippen molar-refractivity contribution in [2.75, 3.05) is 40.4 Å². The molecule has 27 heavy (non-hydrogen) atoms. The van der Waals surface area contributed by atoms with Gasteiger partial charge in [-0.3, -0.25) is 9.59 Å². The minimum Gasteiger partial charge on any atom is -0.496 e. The minimum atomic E-state index is -0.146. The average Bonchev–Trinajstić information content (AvgIpc) is 3.11. The van der Waals surface area contributed by atoms with Crippen molar-refractivity contribution in [2.45, 2.75) is 13.3 Å². The lowest BCUT2D eigenvalue weighted by molar-refractivity contribution is 0.0699. The molecule has 0 radical (unpaired) electrons. The maximum absolute atomic E-state index is 13.1. The number of carbonyl (C=O) groups is 2. The summed E-state index contributed by atoms with van der Waals surface area (Å²) < 4.78 is 16.0. The van der Waals surface area contributed by atoms with Crippen molar-refractivity contribution in [2.24, 2.45) is 0 Å². The van der Waals surface area contributed by atoms with Crippen LogP contribution in [0.2, 0.25) is 0 Å². The first-order valence-corrected chi connectivity index (χ1v) is 8.90. The molecular weight excluding hydrogens is 348 g/mol. The molecule has 7 heteroatoms. The lowest BCUT2D eigenvalue weighted by atomic mass is 10.1. The summed E-state index contributed by atoms with van der Waals surface area (Å²) in [6.07, 6.45) is 2.19. The SMILES string of the molecule is COc1ccc(C(=O)N2CCCN(C(=O)c3ccco3)CC2)c(OC)c1C. The zero-order chi connectivity index (χ0) is 19.4. The molecule has 2 heterocycles. The summed E-state index contributed by atoms with van der Waals surface area (Å²) in [5, 5.41) is 0. The van der Waals surface area contributed by atoms with Crippen LogP contribution in [0, 0.1) is 6.92 Å². The summed E-state index contributed by atoms with van der Waals surface area (Å²) in [7, 11) is 3.13. The molecule has 144 valence electrons. The number of carbonyl (C=O) groups excluding carboxylic acids is 2. The Kier molecular flexibility index (Phi) is 5.69. The third-order valence-electron chi connectivity index (χ3n) is 4.81. The van der Waals surface area contributed by atoms with E-state index in [1.807, 2.05) is 6.92 Å². The van der Waals surface area contributed by atoms with Crippen LogP contribution in [0.3, 0.4) is 0 Å². The standard InChI is InChI=1S/C20H24N2O5/c1-14-16(25-2)8-7-15(18(14)26-3)19(23)21-9-5-10-22(12-11-21)20(24)17-6-4-13-27-17/h4,6-8,13H,5,9-12H2,1-3H3. The Bertz CT molecular complexity index is 816. The quantitative estimate of drug-likeness (QED) is 0.825. The monoisotopic (exact) mass is 372 g/mol. The molecule has 0 N–H and O–H groups in total. The molecule has 0 spiro atoms. The molecular formula is C20H24N2O5. The summed E-state index contributed by atoms with van der Waals surface area (Å²) >= 11 is 0. The van der Waals surface area contributed by atoms with Crippen molar-refractivity contribution in [3.63, 3.8) is 0 Å². The fourth-order valence-corrected chi connectivity index (χ4v) is 3.38. The second-order valence-corrected chi connectivity index (χ2v) is 6.39. The van der Waals surface area contributed by atoms with Crippen LogP contribution in [0.5, 0.6) is 11.5 Å². The third kappa shape index (κ3) is 3.77. The number of nitrogens with zero attached hydrogens (tertiary/aromatic N) is 2. The molecule has 1 fully saturated rings. The highest BCUT2D eigenvalue weighted by atomic mass is 16.5. The van der Waals surface area contributed by atoms with Crippen LogP contribution in [-0.2, 0) is 0 Å². The van der Waals surface area contributed by atoms with Crippen LogP contribution in [0.25, 0.3) is 0 Å². The number of amides is 2. The zero-order valence-corrected chi connectivity index (χ0v) is 15.9. The normalized spacial score (nSPS) is 14.6. The van der Waals surface area contributed by atoms with Gasteiger partial charge in [0.25, 0.3) is 11.8 Å². The predicted molar refractivity (Wildman–Crippen MR) is 99.4 cm³/mol. The van der Waals surface area contributed by atoms with Gasteiger partial charge in [-0.05, 0) is 37.6 Å². The number of hydrogen-bond donors (Lipinski definition) is 0. The first-order valence-electron chi connectivity index (χ1n) is 8.90. The molecule has 1 saturated heterocycles. The Labute approximate surface area is 158 Å². The van der Waals surface area contributed by atoms with Crippen molar-refractivity contribution in [1.82, 2.24) is 9.80 Å². The van der Waals surface area contributed by atoms with E-state index < -0.39 is 0 Å². The van der Waals surface area contributed by atoms with Crippen LogP contribution in [0.15, 0.2) is 34.9 Å². The molecule has 1 aliphatic rings. The largest absolute Gasteiger partial charge is 0.496 e. The summed E-state index contributed by atoms with van der Waals surface area (Å²) in [5.41, 5.74) is 1.29. The third-order valence-corrected chi connectivity index (χ3v) is 4.81. The van der Waals surface area contributed by atoms with E-state index in [9.17, 15) is 9.59 Å². The summed E-state index contributed by atoms with van der Waals surface area (Å²) in [5.74, 6) is 1.26. The van der Waals surface area contributed by atoms with Crippen molar-refractivity contribution in [1.29, 1.82) is 0 Å². The summed E-state index contributed by atoms with van der Waals surface area (Å²) in [6.45, 7) is 3.94. The van der Waals surface area contributed by atoms with Crippen molar-refractivity contribution in [3.05, 3.63) is 47.4 Å². The Morgan fingerprint density at radius 3 is 2.26 bits per heavy atom. The molecule has 0 bridgehead atoms. The molecule has 1 aromatic carbocycles. The number of ether oxygens (including phenoxy) is 2. The fraction of sp³-hybridized carbons (Fsp3) is 0.400. The van der Waals surface area contributed by atoms with E-state index in [0.29, 0.717) is 55.4 Å². The molecule has 1 aliphatic heterocycles. The first kappa shape index (κ1) is 18.8. The second kappa shape index (κ2) is 8.16. The van der Waals surface area contributed by atoms with Crippen LogP contribution >= 0.6 is 0 Å². The van der Waals surface area contributed by atoms with Gasteiger partial charge in [-0.15, -0.1) is 0 Å². The minimum absolute atomic E-state index is 0.107. The highest BCUT2D eigenvalue weighted by Gasteiger charge is 2.27. The van der Waals surface area contributed by atoms with Crippen LogP contribution in [0.4, 0.5) is 0 Å². The van der Waals surface area contributed by atoms with E-state index in [1.165, 1.54) is 6.26 Å². The molecule has 7 nitrogen and oxygen atoms in total. The lowest BCUT2D eigenvalue weighted by Crippen LogP contribution is -2.37. The number of rotatable bonds is 4. The molecule has 0 saturated carbocycles. The van der Waals surface area contributed by atoms with Gasteiger partial charge in [0.1, 0.15) is 11.5 Å². The van der Waals surface area contributed by atoms with E-state index in [0.717, 1.165) is 5.56 Å². The smallest absolute Gasteiger partial charge is 0.289 e. The van der Waals surface area contributed by atoms with Crippen LogP contribution in [0.1, 0.15) is 32.9 Å². The molecule has 0 aliphatic carbocycles. The Balaban J connectivity index is 1.75.